The van der Waals surface area contributed by atoms with Crippen molar-refractivity contribution in [3.8, 4) is 0 Å². The van der Waals surface area contributed by atoms with Gasteiger partial charge in [-0.05, 0) is 42.7 Å². The molecule has 5 rings (SSSR count). The fraction of sp³-hybridized carbons (Fsp3) is 0.344. The van der Waals surface area contributed by atoms with Crippen molar-refractivity contribution < 1.29 is 24.3 Å². The number of fused-ring (bicyclic) bond motifs is 1. The molecular formula is C32H35N3O5S2. The zero-order valence-corrected chi connectivity index (χ0v) is 24.9. The monoisotopic (exact) mass is 605 g/mol. The van der Waals surface area contributed by atoms with E-state index in [2.05, 4.69) is 11.4 Å². The Labute approximate surface area is 253 Å². The number of hydrogen-bond donors (Lipinski definition) is 3. The number of anilines is 1. The predicted octanol–water partition coefficient (Wildman–Crippen LogP) is 7.42. The summed E-state index contributed by atoms with van der Waals surface area (Å²) in [5, 5.41) is 11.5. The summed E-state index contributed by atoms with van der Waals surface area (Å²) in [5.41, 5.74) is 5.43. The first-order chi connectivity index (χ1) is 20.6. The third-order valence-corrected chi connectivity index (χ3v) is 9.38. The lowest BCUT2D eigenvalue weighted by atomic mass is 10.0. The summed E-state index contributed by atoms with van der Waals surface area (Å²) in [6, 6.07) is 26.1. The van der Waals surface area contributed by atoms with Crippen LogP contribution in [0.15, 0.2) is 83.2 Å². The van der Waals surface area contributed by atoms with Gasteiger partial charge in [0.25, 0.3) is 0 Å². The molecule has 220 valence electrons. The minimum Gasteiger partial charge on any atom is -0.344 e. The Morgan fingerprint density at radius 1 is 0.857 bits per heavy atom. The smallest absolute Gasteiger partial charge is 0.243 e. The molecule has 0 bridgehead atoms. The van der Waals surface area contributed by atoms with Crippen LogP contribution in [-0.2, 0) is 19.1 Å². The molecule has 1 fully saturated rings. The Hall–Kier alpha value is -3.28. The van der Waals surface area contributed by atoms with Crippen molar-refractivity contribution in [2.75, 3.05) is 11.1 Å². The Kier molecular flexibility index (Phi) is 11.0. The Bertz CT molecular complexity index is 1410. The lowest BCUT2D eigenvalue weighted by molar-refractivity contribution is -0.245. The third kappa shape index (κ3) is 8.62. The summed E-state index contributed by atoms with van der Waals surface area (Å²) >= 11 is 3.42. The van der Waals surface area contributed by atoms with Crippen LogP contribution in [0.1, 0.15) is 68.5 Å². The zero-order chi connectivity index (χ0) is 29.1. The van der Waals surface area contributed by atoms with Crippen molar-refractivity contribution in [3.63, 3.8) is 0 Å². The largest absolute Gasteiger partial charge is 0.344 e. The standard InChI is InChI=1S/C32H35N3O5S2/c36-29(14-6-1-2-7-15-30(37)35-38)33-24-18-16-22(17-19-24)27-20-25(39-31(40-27)23-10-4-3-5-11-23)21-41-32-34-26-12-8-9-13-28(26)42-32/h3-5,8-13,16-19,25,27,31,38H,1-2,6-7,14-15,20-21H2,(H,33,36)(H,35,37). The Morgan fingerprint density at radius 3 is 2.31 bits per heavy atom. The summed E-state index contributed by atoms with van der Waals surface area (Å²) in [7, 11) is 0. The minimum atomic E-state index is -0.469. The highest BCUT2D eigenvalue weighted by Crippen LogP contribution is 2.40. The van der Waals surface area contributed by atoms with Crippen LogP contribution >= 0.6 is 23.1 Å². The van der Waals surface area contributed by atoms with Crippen LogP contribution in [-0.4, -0.2) is 33.9 Å². The number of thioether (sulfide) groups is 1. The highest BCUT2D eigenvalue weighted by molar-refractivity contribution is 8.01. The van der Waals surface area contributed by atoms with Crippen LogP contribution in [0, 0.1) is 0 Å². The first-order valence-corrected chi connectivity index (χ1v) is 16.0. The number of unbranched alkanes of at least 4 members (excludes halogenated alkanes) is 3. The molecule has 1 aliphatic heterocycles. The molecular weight excluding hydrogens is 571 g/mol. The molecule has 3 N–H and O–H groups in total. The molecule has 0 saturated carbocycles. The van der Waals surface area contributed by atoms with Gasteiger partial charge < -0.3 is 14.8 Å². The molecule has 1 aromatic heterocycles. The van der Waals surface area contributed by atoms with E-state index in [0.29, 0.717) is 25.7 Å². The molecule has 3 atom stereocenters. The lowest BCUT2D eigenvalue weighted by Crippen LogP contribution is -2.31. The van der Waals surface area contributed by atoms with Crippen molar-refractivity contribution in [2.45, 2.75) is 67.8 Å². The molecule has 3 unspecified atom stereocenters. The number of thiazole rings is 1. The first kappa shape index (κ1) is 30.2. The molecule has 1 saturated heterocycles. The average Bonchev–Trinajstić information content (AvgIpc) is 3.45. The van der Waals surface area contributed by atoms with Crippen LogP contribution in [0.5, 0.6) is 0 Å². The second-order valence-corrected chi connectivity index (χ2v) is 12.5. The molecule has 0 radical (unpaired) electrons. The van der Waals surface area contributed by atoms with E-state index in [-0.39, 0.29) is 24.0 Å². The maximum absolute atomic E-state index is 12.4. The summed E-state index contributed by atoms with van der Waals surface area (Å²) in [4.78, 5) is 28.2. The topological polar surface area (TPSA) is 110 Å². The maximum Gasteiger partial charge on any atom is 0.243 e. The van der Waals surface area contributed by atoms with Gasteiger partial charge in [-0.2, -0.15) is 0 Å². The van der Waals surface area contributed by atoms with Gasteiger partial charge >= 0.3 is 0 Å². The van der Waals surface area contributed by atoms with Crippen LogP contribution in [0.2, 0.25) is 0 Å². The van der Waals surface area contributed by atoms with Gasteiger partial charge in [-0.25, -0.2) is 10.5 Å². The van der Waals surface area contributed by atoms with Gasteiger partial charge in [0.15, 0.2) is 10.6 Å². The SMILES string of the molecule is O=C(CCCCCCC(=O)Nc1ccc(C2CC(CSc3nc4ccccc4s3)OC(c3ccccc3)O2)cc1)NO. The first-order valence-electron chi connectivity index (χ1n) is 14.2. The number of rotatable bonds is 13. The summed E-state index contributed by atoms with van der Waals surface area (Å²) in [6.45, 7) is 0. The number of hydroxylamine groups is 1. The Morgan fingerprint density at radius 2 is 1.57 bits per heavy atom. The molecule has 8 nitrogen and oxygen atoms in total. The number of hydrogen-bond acceptors (Lipinski definition) is 8. The zero-order valence-electron chi connectivity index (χ0n) is 23.2. The van der Waals surface area contributed by atoms with E-state index in [9.17, 15) is 9.59 Å². The van der Waals surface area contributed by atoms with Crippen LogP contribution < -0.4 is 10.8 Å². The second kappa shape index (κ2) is 15.3. The number of carbonyl (C=O) groups is 2. The molecule has 2 amide bonds. The molecule has 0 aliphatic carbocycles. The summed E-state index contributed by atoms with van der Waals surface area (Å²) < 4.78 is 15.1. The van der Waals surface area contributed by atoms with E-state index in [1.54, 1.807) is 28.6 Å². The number of ether oxygens (including phenoxy) is 2. The molecule has 42 heavy (non-hydrogen) atoms. The van der Waals surface area contributed by atoms with Crippen molar-refractivity contribution >= 4 is 50.8 Å². The van der Waals surface area contributed by atoms with Gasteiger partial charge in [0.1, 0.15) is 0 Å². The molecule has 0 spiro atoms. The molecule has 4 aromatic rings. The molecule has 3 aromatic carbocycles. The molecule has 1 aliphatic rings. The van der Waals surface area contributed by atoms with E-state index >= 15 is 0 Å². The number of para-hydroxylation sites is 1. The van der Waals surface area contributed by atoms with Crippen LogP contribution in [0.3, 0.4) is 0 Å². The Balaban J connectivity index is 1.16. The van der Waals surface area contributed by atoms with Gasteiger partial charge in [-0.3, -0.25) is 14.8 Å². The van der Waals surface area contributed by atoms with Gasteiger partial charge in [0, 0.05) is 36.3 Å². The minimum absolute atomic E-state index is 0.0247. The van der Waals surface area contributed by atoms with Crippen LogP contribution in [0.4, 0.5) is 5.69 Å². The van der Waals surface area contributed by atoms with E-state index < -0.39 is 6.29 Å². The van der Waals surface area contributed by atoms with Gasteiger partial charge in [-0.1, -0.05) is 79.2 Å². The highest BCUT2D eigenvalue weighted by Gasteiger charge is 2.32. The average molecular weight is 606 g/mol. The maximum atomic E-state index is 12.4. The molecule has 10 heteroatoms. The van der Waals surface area contributed by atoms with E-state index in [0.717, 1.165) is 51.7 Å². The van der Waals surface area contributed by atoms with Gasteiger partial charge in [-0.15, -0.1) is 11.3 Å². The second-order valence-electron chi connectivity index (χ2n) is 10.2. The number of nitrogens with one attached hydrogen (secondary N) is 2. The number of amides is 2. The highest BCUT2D eigenvalue weighted by atomic mass is 32.2. The van der Waals surface area contributed by atoms with E-state index in [1.165, 1.54) is 4.70 Å². The molecule has 2 heterocycles. The van der Waals surface area contributed by atoms with Crippen molar-refractivity contribution in [1.29, 1.82) is 0 Å². The van der Waals surface area contributed by atoms with Crippen LogP contribution in [0.25, 0.3) is 10.2 Å². The number of aromatic nitrogens is 1. The van der Waals surface area contributed by atoms with E-state index in [4.69, 9.17) is 19.7 Å². The van der Waals surface area contributed by atoms with Crippen molar-refractivity contribution in [1.82, 2.24) is 10.5 Å². The summed E-state index contributed by atoms with van der Waals surface area (Å²) in [5.74, 6) is 0.359. The fourth-order valence-electron chi connectivity index (χ4n) is 4.86. The van der Waals surface area contributed by atoms with Gasteiger partial charge in [0.05, 0.1) is 22.4 Å². The van der Waals surface area contributed by atoms with Crippen molar-refractivity contribution in [2.24, 2.45) is 0 Å². The predicted molar refractivity (Wildman–Crippen MR) is 166 cm³/mol. The normalized spacial score (nSPS) is 18.5. The fourth-order valence-corrected chi connectivity index (χ4v) is 6.97. The quantitative estimate of drug-likeness (QED) is 0.0630. The summed E-state index contributed by atoms with van der Waals surface area (Å²) in [6.07, 6.45) is 3.91. The van der Waals surface area contributed by atoms with Crippen molar-refractivity contribution in [3.05, 3.63) is 90.0 Å². The number of benzene rings is 3. The third-order valence-electron chi connectivity index (χ3n) is 7.07. The number of nitrogens with zero attached hydrogens (tertiary/aromatic N) is 1. The van der Waals surface area contributed by atoms with E-state index in [1.807, 2.05) is 72.8 Å². The number of carbonyl (C=O) groups excluding carboxylic acids is 2. The van der Waals surface area contributed by atoms with Gasteiger partial charge in [0.2, 0.25) is 11.8 Å². The lowest BCUT2D eigenvalue weighted by Gasteiger charge is -2.36.